The van der Waals surface area contributed by atoms with Crippen molar-refractivity contribution in [3.05, 3.63) is 72.3 Å². The predicted octanol–water partition coefficient (Wildman–Crippen LogP) is 4.11. The van der Waals surface area contributed by atoms with E-state index in [0.29, 0.717) is 5.16 Å². The van der Waals surface area contributed by atoms with E-state index in [9.17, 15) is 4.79 Å². The second kappa shape index (κ2) is 7.17. The second-order valence-electron chi connectivity index (χ2n) is 5.92. The number of nitrogens with zero attached hydrogens (tertiary/aromatic N) is 3. The molecule has 4 aromatic rings. The Morgan fingerprint density at radius 3 is 2.65 bits per heavy atom. The maximum Gasteiger partial charge on any atom is 0.319 e. The maximum absolute atomic E-state index is 12.3. The quantitative estimate of drug-likeness (QED) is 0.395. The summed E-state index contributed by atoms with van der Waals surface area (Å²) in [7, 11) is 0. The van der Waals surface area contributed by atoms with Gasteiger partial charge >= 0.3 is 5.97 Å². The van der Waals surface area contributed by atoms with Crippen molar-refractivity contribution in [1.82, 2.24) is 14.6 Å². The lowest BCUT2D eigenvalue weighted by Crippen LogP contribution is -2.17. The van der Waals surface area contributed by atoms with Crippen LogP contribution >= 0.6 is 11.8 Å². The van der Waals surface area contributed by atoms with Crippen molar-refractivity contribution in [2.45, 2.75) is 23.9 Å². The standard InChI is InChI=1S/C20H17N3O2S/c1-14(19(24)25-13-15-7-3-2-4-8-15)26-20-22-21-18-12-11-16-9-5-6-10-17(16)23(18)20/h2-12,14H,13H2,1H3. The van der Waals surface area contributed by atoms with Gasteiger partial charge in [0, 0.05) is 0 Å². The molecule has 6 heteroatoms. The van der Waals surface area contributed by atoms with Crippen LogP contribution in [0.5, 0.6) is 0 Å². The van der Waals surface area contributed by atoms with E-state index < -0.39 is 0 Å². The molecule has 1 atom stereocenters. The first-order chi connectivity index (χ1) is 12.7. The highest BCUT2D eigenvalue weighted by atomic mass is 32.2. The molecule has 0 amide bonds. The van der Waals surface area contributed by atoms with Gasteiger partial charge in [-0.25, -0.2) is 0 Å². The molecule has 0 radical (unpaired) electrons. The van der Waals surface area contributed by atoms with Gasteiger partial charge in [0.25, 0.3) is 0 Å². The Hall–Kier alpha value is -2.86. The Kier molecular flexibility index (Phi) is 4.58. The summed E-state index contributed by atoms with van der Waals surface area (Å²) in [5.41, 5.74) is 2.75. The van der Waals surface area contributed by atoms with E-state index in [1.807, 2.05) is 78.1 Å². The Morgan fingerprint density at radius 2 is 1.81 bits per heavy atom. The lowest BCUT2D eigenvalue weighted by molar-refractivity contribution is -0.143. The number of thioether (sulfide) groups is 1. The van der Waals surface area contributed by atoms with E-state index in [1.54, 1.807) is 0 Å². The first-order valence-electron chi connectivity index (χ1n) is 8.32. The molecule has 0 aliphatic heterocycles. The molecule has 4 rings (SSSR count). The molecular formula is C20H17N3O2S. The zero-order chi connectivity index (χ0) is 17.9. The normalized spacial score (nSPS) is 12.3. The molecular weight excluding hydrogens is 346 g/mol. The van der Waals surface area contributed by atoms with Crippen molar-refractivity contribution >= 4 is 34.3 Å². The zero-order valence-corrected chi connectivity index (χ0v) is 15.0. The number of para-hydroxylation sites is 1. The Bertz CT molecular complexity index is 1060. The molecule has 0 aliphatic rings. The summed E-state index contributed by atoms with van der Waals surface area (Å²) >= 11 is 1.35. The fourth-order valence-electron chi connectivity index (χ4n) is 2.74. The van der Waals surface area contributed by atoms with Gasteiger partial charge in [0.15, 0.2) is 10.8 Å². The minimum atomic E-state index is -0.384. The van der Waals surface area contributed by atoms with E-state index in [2.05, 4.69) is 10.2 Å². The third kappa shape index (κ3) is 3.28. The van der Waals surface area contributed by atoms with Gasteiger partial charge in [-0.15, -0.1) is 10.2 Å². The van der Waals surface area contributed by atoms with Crippen LogP contribution in [0.2, 0.25) is 0 Å². The largest absolute Gasteiger partial charge is 0.460 e. The third-order valence-corrected chi connectivity index (χ3v) is 5.11. The van der Waals surface area contributed by atoms with Crippen LogP contribution < -0.4 is 0 Å². The van der Waals surface area contributed by atoms with E-state index in [1.165, 1.54) is 11.8 Å². The average Bonchev–Trinajstić information content (AvgIpc) is 3.10. The number of aromatic nitrogens is 3. The van der Waals surface area contributed by atoms with Crippen LogP contribution in [0.1, 0.15) is 12.5 Å². The monoisotopic (exact) mass is 363 g/mol. The first kappa shape index (κ1) is 16.6. The van der Waals surface area contributed by atoms with Crippen LogP contribution in [0.3, 0.4) is 0 Å². The summed E-state index contributed by atoms with van der Waals surface area (Å²) in [5, 5.41) is 9.86. The summed E-state index contributed by atoms with van der Waals surface area (Å²) in [5.74, 6) is -0.268. The summed E-state index contributed by atoms with van der Waals surface area (Å²) < 4.78 is 7.39. The molecule has 2 heterocycles. The number of ether oxygens (including phenoxy) is 1. The van der Waals surface area contributed by atoms with Crippen LogP contribution in [0.4, 0.5) is 0 Å². The Balaban J connectivity index is 1.53. The number of benzene rings is 2. The third-order valence-electron chi connectivity index (χ3n) is 4.09. The molecule has 0 saturated carbocycles. The van der Waals surface area contributed by atoms with Crippen molar-refractivity contribution in [2.75, 3.05) is 0 Å². The zero-order valence-electron chi connectivity index (χ0n) is 14.2. The summed E-state index contributed by atoms with van der Waals surface area (Å²) in [6.45, 7) is 2.10. The van der Waals surface area contributed by atoms with Crippen LogP contribution in [0.15, 0.2) is 71.9 Å². The lowest BCUT2D eigenvalue weighted by atomic mass is 10.2. The molecule has 2 aromatic carbocycles. The molecule has 26 heavy (non-hydrogen) atoms. The molecule has 0 bridgehead atoms. The highest BCUT2D eigenvalue weighted by molar-refractivity contribution is 8.00. The van der Waals surface area contributed by atoms with Gasteiger partial charge in [-0.2, -0.15) is 0 Å². The van der Waals surface area contributed by atoms with E-state index >= 15 is 0 Å². The number of carbonyl (C=O) groups excluding carboxylic acids is 1. The Morgan fingerprint density at radius 1 is 1.04 bits per heavy atom. The van der Waals surface area contributed by atoms with Crippen LogP contribution in [0.25, 0.3) is 16.6 Å². The number of fused-ring (bicyclic) bond motifs is 3. The molecule has 0 fully saturated rings. The van der Waals surface area contributed by atoms with Crippen molar-refractivity contribution in [3.63, 3.8) is 0 Å². The predicted molar refractivity (Wildman–Crippen MR) is 102 cm³/mol. The van der Waals surface area contributed by atoms with E-state index in [0.717, 1.165) is 22.1 Å². The highest BCUT2D eigenvalue weighted by Crippen LogP contribution is 2.26. The van der Waals surface area contributed by atoms with Crippen LogP contribution in [-0.2, 0) is 16.1 Å². The molecule has 2 aromatic heterocycles. The number of rotatable bonds is 5. The van der Waals surface area contributed by atoms with Crippen molar-refractivity contribution < 1.29 is 9.53 Å². The van der Waals surface area contributed by atoms with E-state index in [-0.39, 0.29) is 17.8 Å². The van der Waals surface area contributed by atoms with Crippen LogP contribution in [-0.4, -0.2) is 25.8 Å². The van der Waals surface area contributed by atoms with E-state index in [4.69, 9.17) is 4.74 Å². The lowest BCUT2D eigenvalue weighted by Gasteiger charge is -2.11. The topological polar surface area (TPSA) is 56.5 Å². The summed E-state index contributed by atoms with van der Waals surface area (Å²) in [4.78, 5) is 12.3. The number of pyridine rings is 1. The number of esters is 1. The number of hydrogen-bond donors (Lipinski definition) is 0. The molecule has 0 aliphatic carbocycles. The summed E-state index contributed by atoms with van der Waals surface area (Å²) in [6.07, 6.45) is 0. The fraction of sp³-hybridized carbons (Fsp3) is 0.150. The number of carbonyl (C=O) groups is 1. The van der Waals surface area contributed by atoms with Gasteiger partial charge in [0.1, 0.15) is 11.9 Å². The molecule has 1 unspecified atom stereocenters. The minimum Gasteiger partial charge on any atom is -0.460 e. The molecule has 130 valence electrons. The van der Waals surface area contributed by atoms with Gasteiger partial charge in [0.2, 0.25) is 0 Å². The second-order valence-corrected chi connectivity index (χ2v) is 7.23. The minimum absolute atomic E-state index is 0.268. The fourth-order valence-corrected chi connectivity index (χ4v) is 3.61. The van der Waals surface area contributed by atoms with Crippen molar-refractivity contribution in [1.29, 1.82) is 0 Å². The molecule has 0 spiro atoms. The number of hydrogen-bond acceptors (Lipinski definition) is 5. The van der Waals surface area contributed by atoms with Gasteiger partial charge in [-0.3, -0.25) is 9.20 Å². The van der Waals surface area contributed by atoms with Gasteiger partial charge in [0.05, 0.1) is 5.52 Å². The smallest absolute Gasteiger partial charge is 0.319 e. The molecule has 0 saturated heterocycles. The first-order valence-corrected chi connectivity index (χ1v) is 9.20. The molecule has 5 nitrogen and oxygen atoms in total. The average molecular weight is 363 g/mol. The SMILES string of the molecule is CC(Sc1nnc2ccc3ccccc3n12)C(=O)OCc1ccccc1. The Labute approximate surface area is 155 Å². The van der Waals surface area contributed by atoms with Crippen molar-refractivity contribution in [3.8, 4) is 0 Å². The maximum atomic E-state index is 12.3. The van der Waals surface area contributed by atoms with Gasteiger partial charge in [-0.05, 0) is 36.1 Å². The highest BCUT2D eigenvalue weighted by Gasteiger charge is 2.20. The van der Waals surface area contributed by atoms with Crippen molar-refractivity contribution in [2.24, 2.45) is 0 Å². The molecule has 0 N–H and O–H groups in total. The van der Waals surface area contributed by atoms with Gasteiger partial charge < -0.3 is 4.74 Å². The van der Waals surface area contributed by atoms with Gasteiger partial charge in [-0.1, -0.05) is 60.3 Å². The van der Waals surface area contributed by atoms with Crippen LogP contribution in [0, 0.1) is 0 Å². The summed E-state index contributed by atoms with van der Waals surface area (Å²) in [6, 6.07) is 21.6.